The minimum absolute atomic E-state index is 0.0273. The van der Waals surface area contributed by atoms with Gasteiger partial charge in [0.1, 0.15) is 0 Å². The number of anilines is 1. The summed E-state index contributed by atoms with van der Waals surface area (Å²) in [6.07, 6.45) is 3.53. The number of hydrogen-bond acceptors (Lipinski definition) is 6. The van der Waals surface area contributed by atoms with E-state index in [1.165, 1.54) is 12.8 Å². The van der Waals surface area contributed by atoms with E-state index in [-0.39, 0.29) is 17.4 Å². The molecule has 1 amide bonds. The molecule has 1 fully saturated rings. The van der Waals surface area contributed by atoms with E-state index in [2.05, 4.69) is 32.2 Å². The molecule has 1 aromatic heterocycles. The van der Waals surface area contributed by atoms with Gasteiger partial charge in [-0.15, -0.1) is 0 Å². The van der Waals surface area contributed by atoms with E-state index in [1.54, 1.807) is 0 Å². The molecule has 2 heterocycles. The number of rotatable bonds is 3. The fourth-order valence-electron chi connectivity index (χ4n) is 2.05. The first kappa shape index (κ1) is 11.8. The first-order valence-electron chi connectivity index (χ1n) is 5.75. The first-order valence-corrected chi connectivity index (χ1v) is 5.75. The quantitative estimate of drug-likeness (QED) is 0.762. The lowest BCUT2D eigenvalue weighted by atomic mass is 10.0. The molecule has 1 aliphatic heterocycles. The van der Waals surface area contributed by atoms with E-state index in [1.807, 2.05) is 0 Å². The molecule has 0 radical (unpaired) electrons. The zero-order valence-corrected chi connectivity index (χ0v) is 9.85. The van der Waals surface area contributed by atoms with E-state index in [9.17, 15) is 4.79 Å². The Morgan fingerprint density at radius 3 is 3.06 bits per heavy atom. The Morgan fingerprint density at radius 1 is 1.59 bits per heavy atom. The number of likely N-dealkylation sites (tertiary alicyclic amines) is 1. The number of nitrogens with one attached hydrogen (secondary N) is 1. The van der Waals surface area contributed by atoms with Crippen molar-refractivity contribution in [2.45, 2.75) is 25.3 Å². The lowest BCUT2D eigenvalue weighted by Crippen LogP contribution is -2.44. The predicted octanol–water partition coefficient (Wildman–Crippen LogP) is -0.134. The summed E-state index contributed by atoms with van der Waals surface area (Å²) in [5.41, 5.74) is 5.50. The lowest BCUT2D eigenvalue weighted by Gasteiger charge is -2.32. The number of hydrogen-bond donors (Lipinski definition) is 2. The Hall–Kier alpha value is -1.63. The molecular formula is C10H17N5O2. The van der Waals surface area contributed by atoms with Crippen LogP contribution in [0.5, 0.6) is 0 Å². The third kappa shape index (κ3) is 2.73. The van der Waals surface area contributed by atoms with E-state index < -0.39 is 0 Å². The summed E-state index contributed by atoms with van der Waals surface area (Å²) in [4.78, 5) is 14.0. The maximum absolute atomic E-state index is 11.7. The van der Waals surface area contributed by atoms with Gasteiger partial charge in [-0.05, 0) is 36.7 Å². The Bertz CT molecular complexity index is 392. The highest BCUT2D eigenvalue weighted by molar-refractivity contribution is 5.95. The molecule has 7 heteroatoms. The fraction of sp³-hybridized carbons (Fsp3) is 0.700. The molecule has 0 saturated carbocycles. The Labute approximate surface area is 99.3 Å². The SMILES string of the molecule is CN1CCCCC1CNC(=O)c1nonc1N. The van der Waals surface area contributed by atoms with Crippen LogP contribution in [-0.4, -0.2) is 47.3 Å². The molecule has 1 aliphatic rings. The van der Waals surface area contributed by atoms with Gasteiger partial charge in [-0.1, -0.05) is 6.42 Å². The number of carbonyl (C=O) groups excluding carboxylic acids is 1. The molecule has 3 N–H and O–H groups in total. The van der Waals surface area contributed by atoms with Gasteiger partial charge in [0.15, 0.2) is 0 Å². The van der Waals surface area contributed by atoms with Crippen molar-refractivity contribution < 1.29 is 9.42 Å². The van der Waals surface area contributed by atoms with Crippen molar-refractivity contribution in [1.29, 1.82) is 0 Å². The molecule has 0 bridgehead atoms. The highest BCUT2D eigenvalue weighted by Crippen LogP contribution is 2.14. The second-order valence-electron chi connectivity index (χ2n) is 4.34. The largest absolute Gasteiger partial charge is 0.379 e. The maximum Gasteiger partial charge on any atom is 0.277 e. The first-order chi connectivity index (χ1) is 8.18. The van der Waals surface area contributed by atoms with Crippen LogP contribution < -0.4 is 11.1 Å². The smallest absolute Gasteiger partial charge is 0.277 e. The van der Waals surface area contributed by atoms with Gasteiger partial charge < -0.3 is 16.0 Å². The Morgan fingerprint density at radius 2 is 2.41 bits per heavy atom. The summed E-state index contributed by atoms with van der Waals surface area (Å²) in [5.74, 6) is -0.303. The molecule has 94 valence electrons. The zero-order valence-electron chi connectivity index (χ0n) is 9.85. The van der Waals surface area contributed by atoms with Crippen LogP contribution >= 0.6 is 0 Å². The van der Waals surface area contributed by atoms with Crippen LogP contribution in [0.4, 0.5) is 5.82 Å². The molecule has 1 aromatic rings. The van der Waals surface area contributed by atoms with Gasteiger partial charge in [0.05, 0.1) is 0 Å². The van der Waals surface area contributed by atoms with Crippen molar-refractivity contribution in [3.8, 4) is 0 Å². The average Bonchev–Trinajstić information content (AvgIpc) is 2.74. The minimum Gasteiger partial charge on any atom is -0.379 e. The number of nitrogens with zero attached hydrogens (tertiary/aromatic N) is 3. The summed E-state index contributed by atoms with van der Waals surface area (Å²) in [5, 5.41) is 9.63. The molecule has 1 atom stereocenters. The molecule has 0 aliphatic carbocycles. The maximum atomic E-state index is 11.7. The predicted molar refractivity (Wildman–Crippen MR) is 61.3 cm³/mol. The number of piperidine rings is 1. The molecule has 7 nitrogen and oxygen atoms in total. The van der Waals surface area contributed by atoms with E-state index >= 15 is 0 Å². The number of carbonyl (C=O) groups is 1. The van der Waals surface area contributed by atoms with Crippen LogP contribution in [0.15, 0.2) is 4.63 Å². The zero-order chi connectivity index (χ0) is 12.3. The number of nitrogen functional groups attached to an aromatic ring is 1. The fourth-order valence-corrected chi connectivity index (χ4v) is 2.05. The summed E-state index contributed by atoms with van der Waals surface area (Å²) in [7, 11) is 2.07. The Kier molecular flexibility index (Phi) is 3.58. The third-order valence-electron chi connectivity index (χ3n) is 3.15. The van der Waals surface area contributed by atoms with Crippen molar-refractivity contribution >= 4 is 11.7 Å². The van der Waals surface area contributed by atoms with Crippen LogP contribution in [0, 0.1) is 0 Å². The van der Waals surface area contributed by atoms with Crippen LogP contribution in [-0.2, 0) is 0 Å². The number of amides is 1. The second kappa shape index (κ2) is 5.13. The molecule has 0 spiro atoms. The highest BCUT2D eigenvalue weighted by atomic mass is 16.6. The lowest BCUT2D eigenvalue weighted by molar-refractivity contribution is 0.0919. The van der Waals surface area contributed by atoms with Gasteiger partial charge in [0, 0.05) is 12.6 Å². The van der Waals surface area contributed by atoms with Gasteiger partial charge in [0.2, 0.25) is 11.5 Å². The van der Waals surface area contributed by atoms with E-state index in [0.717, 1.165) is 13.0 Å². The van der Waals surface area contributed by atoms with E-state index in [4.69, 9.17) is 5.73 Å². The van der Waals surface area contributed by atoms with Crippen molar-refractivity contribution in [1.82, 2.24) is 20.5 Å². The van der Waals surface area contributed by atoms with Crippen LogP contribution in [0.3, 0.4) is 0 Å². The molecular weight excluding hydrogens is 222 g/mol. The number of aromatic nitrogens is 2. The molecule has 0 aromatic carbocycles. The number of likely N-dealkylation sites (N-methyl/N-ethyl adjacent to an activating group) is 1. The standard InChI is InChI=1S/C10H17N5O2/c1-15-5-3-2-4-7(15)6-12-10(16)8-9(11)14-17-13-8/h7H,2-6H2,1H3,(H2,11,14)(H,12,16). The monoisotopic (exact) mass is 239 g/mol. The van der Waals surface area contributed by atoms with E-state index in [0.29, 0.717) is 12.6 Å². The second-order valence-corrected chi connectivity index (χ2v) is 4.34. The highest BCUT2D eigenvalue weighted by Gasteiger charge is 2.21. The summed E-state index contributed by atoms with van der Waals surface area (Å²) >= 11 is 0. The van der Waals surface area contributed by atoms with Crippen molar-refractivity contribution in [2.75, 3.05) is 25.9 Å². The van der Waals surface area contributed by atoms with Crippen molar-refractivity contribution in [2.24, 2.45) is 0 Å². The molecule has 1 saturated heterocycles. The molecule has 17 heavy (non-hydrogen) atoms. The Balaban J connectivity index is 1.86. The third-order valence-corrected chi connectivity index (χ3v) is 3.15. The van der Waals surface area contributed by atoms with Gasteiger partial charge in [-0.25, -0.2) is 4.63 Å². The minimum atomic E-state index is -0.331. The summed E-state index contributed by atoms with van der Waals surface area (Å²) in [6, 6.07) is 0.383. The van der Waals surface area contributed by atoms with Crippen LogP contribution in [0.25, 0.3) is 0 Å². The normalized spacial score (nSPS) is 21.4. The van der Waals surface area contributed by atoms with Gasteiger partial charge >= 0.3 is 0 Å². The van der Waals surface area contributed by atoms with Crippen molar-refractivity contribution in [3.05, 3.63) is 5.69 Å². The summed E-state index contributed by atoms with van der Waals surface area (Å²) in [6.45, 7) is 1.68. The van der Waals surface area contributed by atoms with Gasteiger partial charge in [0.25, 0.3) is 5.91 Å². The van der Waals surface area contributed by atoms with Crippen LogP contribution in [0.1, 0.15) is 29.8 Å². The van der Waals surface area contributed by atoms with Crippen molar-refractivity contribution in [3.63, 3.8) is 0 Å². The van der Waals surface area contributed by atoms with Crippen LogP contribution in [0.2, 0.25) is 0 Å². The average molecular weight is 239 g/mol. The number of nitrogens with two attached hydrogens (primary N) is 1. The summed E-state index contributed by atoms with van der Waals surface area (Å²) < 4.78 is 4.38. The molecule has 1 unspecified atom stereocenters. The van der Waals surface area contributed by atoms with Gasteiger partial charge in [-0.2, -0.15) is 0 Å². The molecule has 2 rings (SSSR count). The topological polar surface area (TPSA) is 97.3 Å². The van der Waals surface area contributed by atoms with Gasteiger partial charge in [-0.3, -0.25) is 4.79 Å².